The molecule has 0 heterocycles. The molecule has 0 fully saturated rings. The second-order valence-corrected chi connectivity index (χ2v) is 3.46. The highest BCUT2D eigenvalue weighted by Gasteiger charge is 2.11. The van der Waals surface area contributed by atoms with E-state index in [2.05, 4.69) is 0 Å². The van der Waals surface area contributed by atoms with Gasteiger partial charge in [0.25, 0.3) is 0 Å². The average molecular weight is 184 g/mol. The Morgan fingerprint density at radius 1 is 1.23 bits per heavy atom. The highest BCUT2D eigenvalue weighted by molar-refractivity contribution is 5.31. The van der Waals surface area contributed by atoms with Gasteiger partial charge in [0.1, 0.15) is 11.6 Å². The summed E-state index contributed by atoms with van der Waals surface area (Å²) in [7, 11) is 0. The highest BCUT2D eigenvalue weighted by atomic mass is 19.1. The predicted molar refractivity (Wildman–Crippen MR) is 49.8 cm³/mol. The third-order valence-corrected chi connectivity index (χ3v) is 2.17. The Bertz CT molecular complexity index is 303. The zero-order chi connectivity index (χ0) is 10.0. The molecule has 0 aliphatic carbocycles. The molecule has 0 amide bonds. The van der Waals surface area contributed by atoms with E-state index < -0.39 is 11.6 Å². The smallest absolute Gasteiger partial charge is 0.129 e. The van der Waals surface area contributed by atoms with Crippen molar-refractivity contribution < 1.29 is 8.78 Å². The lowest BCUT2D eigenvalue weighted by atomic mass is 9.95. The summed E-state index contributed by atoms with van der Waals surface area (Å²) in [5, 5.41) is 0. The van der Waals surface area contributed by atoms with Gasteiger partial charge in [-0.1, -0.05) is 20.8 Å². The first-order valence-corrected chi connectivity index (χ1v) is 4.54. The summed E-state index contributed by atoms with van der Waals surface area (Å²) in [4.78, 5) is 0. The van der Waals surface area contributed by atoms with Gasteiger partial charge in [-0.05, 0) is 29.5 Å². The molecular formula is C11H14F2. The third-order valence-electron chi connectivity index (χ3n) is 2.17. The van der Waals surface area contributed by atoms with Crippen molar-refractivity contribution in [2.24, 2.45) is 0 Å². The van der Waals surface area contributed by atoms with Crippen LogP contribution in [0.3, 0.4) is 0 Å². The van der Waals surface area contributed by atoms with Gasteiger partial charge in [-0.3, -0.25) is 0 Å². The third kappa shape index (κ3) is 2.06. The standard InChI is InChI=1S/C11H14F2/c1-4-9-10(7(2)3)5-8(12)6-11(9)13/h5-7H,4H2,1-3H3. The summed E-state index contributed by atoms with van der Waals surface area (Å²) < 4.78 is 26.1. The van der Waals surface area contributed by atoms with Crippen molar-refractivity contribution in [3.8, 4) is 0 Å². The summed E-state index contributed by atoms with van der Waals surface area (Å²) in [6, 6.07) is 2.37. The SMILES string of the molecule is CCc1c(F)cc(F)cc1C(C)C. The van der Waals surface area contributed by atoms with Crippen molar-refractivity contribution in [1.29, 1.82) is 0 Å². The van der Waals surface area contributed by atoms with Gasteiger partial charge in [-0.25, -0.2) is 8.78 Å². The Labute approximate surface area is 77.6 Å². The van der Waals surface area contributed by atoms with Crippen molar-refractivity contribution >= 4 is 0 Å². The van der Waals surface area contributed by atoms with Crippen LogP contribution in [0, 0.1) is 11.6 Å². The van der Waals surface area contributed by atoms with Crippen molar-refractivity contribution in [3.05, 3.63) is 34.9 Å². The van der Waals surface area contributed by atoms with E-state index in [1.54, 1.807) is 0 Å². The van der Waals surface area contributed by atoms with E-state index in [1.807, 2.05) is 20.8 Å². The van der Waals surface area contributed by atoms with E-state index in [0.29, 0.717) is 12.0 Å². The lowest BCUT2D eigenvalue weighted by Gasteiger charge is -2.12. The first-order chi connectivity index (χ1) is 6.06. The predicted octanol–water partition coefficient (Wildman–Crippen LogP) is 3.65. The first kappa shape index (κ1) is 10.2. The number of halogens is 2. The molecule has 2 heteroatoms. The lowest BCUT2D eigenvalue weighted by Crippen LogP contribution is -2.00. The van der Waals surface area contributed by atoms with Gasteiger partial charge in [-0.2, -0.15) is 0 Å². The van der Waals surface area contributed by atoms with Crippen LogP contribution in [0.4, 0.5) is 8.78 Å². The van der Waals surface area contributed by atoms with Crippen molar-refractivity contribution in [2.75, 3.05) is 0 Å². The highest BCUT2D eigenvalue weighted by Crippen LogP contribution is 2.23. The Morgan fingerprint density at radius 2 is 1.85 bits per heavy atom. The Balaban J connectivity index is 3.29. The maximum absolute atomic E-state index is 13.2. The molecule has 0 aliphatic rings. The Kier molecular flexibility index (Phi) is 3.02. The van der Waals surface area contributed by atoms with Crippen LogP contribution in [0.25, 0.3) is 0 Å². The molecule has 0 saturated carbocycles. The summed E-state index contributed by atoms with van der Waals surface area (Å²) in [5.41, 5.74) is 1.41. The van der Waals surface area contributed by atoms with E-state index in [4.69, 9.17) is 0 Å². The zero-order valence-electron chi connectivity index (χ0n) is 8.20. The molecule has 13 heavy (non-hydrogen) atoms. The van der Waals surface area contributed by atoms with Crippen LogP contribution < -0.4 is 0 Å². The number of hydrogen-bond acceptors (Lipinski definition) is 0. The molecular weight excluding hydrogens is 170 g/mol. The van der Waals surface area contributed by atoms with Gasteiger partial charge in [0.2, 0.25) is 0 Å². The summed E-state index contributed by atoms with van der Waals surface area (Å²) in [6.45, 7) is 5.75. The quantitative estimate of drug-likeness (QED) is 0.658. The summed E-state index contributed by atoms with van der Waals surface area (Å²) in [6.07, 6.45) is 0.611. The topological polar surface area (TPSA) is 0 Å². The van der Waals surface area contributed by atoms with Crippen LogP contribution in [-0.4, -0.2) is 0 Å². The molecule has 0 nitrogen and oxygen atoms in total. The molecule has 0 N–H and O–H groups in total. The Hall–Kier alpha value is -0.920. The fourth-order valence-corrected chi connectivity index (χ4v) is 1.51. The van der Waals surface area contributed by atoms with Crippen LogP contribution in [0.2, 0.25) is 0 Å². The molecule has 0 radical (unpaired) electrons. The van der Waals surface area contributed by atoms with Gasteiger partial charge in [0.05, 0.1) is 0 Å². The van der Waals surface area contributed by atoms with Gasteiger partial charge in [-0.15, -0.1) is 0 Å². The largest absolute Gasteiger partial charge is 0.207 e. The van der Waals surface area contributed by atoms with E-state index in [0.717, 1.165) is 11.6 Å². The normalized spacial score (nSPS) is 10.9. The van der Waals surface area contributed by atoms with Crippen LogP contribution in [0.1, 0.15) is 37.8 Å². The van der Waals surface area contributed by atoms with Crippen molar-refractivity contribution in [3.63, 3.8) is 0 Å². The maximum Gasteiger partial charge on any atom is 0.129 e. The van der Waals surface area contributed by atoms with E-state index in [1.165, 1.54) is 6.07 Å². The molecule has 1 aromatic carbocycles. The first-order valence-electron chi connectivity index (χ1n) is 4.54. The molecule has 0 aliphatic heterocycles. The molecule has 1 rings (SSSR count). The lowest BCUT2D eigenvalue weighted by molar-refractivity contribution is 0.565. The molecule has 72 valence electrons. The van der Waals surface area contributed by atoms with E-state index in [9.17, 15) is 8.78 Å². The van der Waals surface area contributed by atoms with Crippen LogP contribution in [-0.2, 0) is 6.42 Å². The number of rotatable bonds is 2. The molecule has 0 atom stereocenters. The summed E-state index contributed by atoms with van der Waals surface area (Å²) >= 11 is 0. The van der Waals surface area contributed by atoms with Gasteiger partial charge in [0, 0.05) is 6.07 Å². The minimum absolute atomic E-state index is 0.167. The molecule has 0 unspecified atom stereocenters. The van der Waals surface area contributed by atoms with Gasteiger partial charge in [0.15, 0.2) is 0 Å². The van der Waals surface area contributed by atoms with Crippen LogP contribution >= 0.6 is 0 Å². The second kappa shape index (κ2) is 3.86. The zero-order valence-corrected chi connectivity index (χ0v) is 8.20. The van der Waals surface area contributed by atoms with E-state index in [-0.39, 0.29) is 5.92 Å². The molecule has 1 aromatic rings. The summed E-state index contributed by atoms with van der Waals surface area (Å²) in [5.74, 6) is -0.746. The minimum Gasteiger partial charge on any atom is -0.207 e. The molecule has 0 aromatic heterocycles. The fraction of sp³-hybridized carbons (Fsp3) is 0.455. The average Bonchev–Trinajstić information content (AvgIpc) is 2.02. The van der Waals surface area contributed by atoms with Crippen molar-refractivity contribution in [2.45, 2.75) is 33.1 Å². The van der Waals surface area contributed by atoms with Crippen molar-refractivity contribution in [1.82, 2.24) is 0 Å². The monoisotopic (exact) mass is 184 g/mol. The number of benzene rings is 1. The molecule has 0 bridgehead atoms. The maximum atomic E-state index is 13.2. The van der Waals surface area contributed by atoms with Crippen LogP contribution in [0.5, 0.6) is 0 Å². The molecule has 0 spiro atoms. The fourth-order valence-electron chi connectivity index (χ4n) is 1.51. The minimum atomic E-state index is -0.488. The van der Waals surface area contributed by atoms with Gasteiger partial charge >= 0.3 is 0 Å². The number of hydrogen-bond donors (Lipinski definition) is 0. The van der Waals surface area contributed by atoms with Crippen LogP contribution in [0.15, 0.2) is 12.1 Å². The van der Waals surface area contributed by atoms with Gasteiger partial charge < -0.3 is 0 Å². The molecule has 0 saturated heterocycles. The Morgan fingerprint density at radius 3 is 2.31 bits per heavy atom. The second-order valence-electron chi connectivity index (χ2n) is 3.46. The van der Waals surface area contributed by atoms with E-state index >= 15 is 0 Å².